The molecule has 0 atom stereocenters. The van der Waals surface area contributed by atoms with Gasteiger partial charge in [-0.05, 0) is 6.92 Å². The van der Waals surface area contributed by atoms with E-state index in [4.69, 9.17) is 16.3 Å². The summed E-state index contributed by atoms with van der Waals surface area (Å²) in [6, 6.07) is 0. The monoisotopic (exact) mass is 254 g/mol. The van der Waals surface area contributed by atoms with E-state index in [1.165, 1.54) is 6.08 Å². The zero-order valence-corrected chi connectivity index (χ0v) is 11.1. The first-order valence-corrected chi connectivity index (χ1v) is 5.69. The van der Waals surface area contributed by atoms with Crippen molar-refractivity contribution in [2.45, 2.75) is 33.1 Å². The Hall–Kier alpha value is -1.38. The summed E-state index contributed by atoms with van der Waals surface area (Å²) in [6.07, 6.45) is 1.20. The van der Waals surface area contributed by atoms with Gasteiger partial charge in [-0.2, -0.15) is 0 Å². The molecule has 0 aliphatic heterocycles. The molecule has 0 aliphatic rings. The lowest BCUT2D eigenvalue weighted by Crippen LogP contribution is -2.17. The molecule has 17 heavy (non-hydrogen) atoms. The number of aromatic nitrogens is 2. The highest BCUT2D eigenvalue weighted by molar-refractivity contribution is 6.31. The predicted molar refractivity (Wildman–Crippen MR) is 67.1 cm³/mol. The lowest BCUT2D eigenvalue weighted by molar-refractivity contribution is 0.335. The Kier molecular flexibility index (Phi) is 4.27. The van der Waals surface area contributed by atoms with Gasteiger partial charge in [-0.3, -0.25) is 0 Å². The Morgan fingerprint density at radius 1 is 1.41 bits per heavy atom. The molecule has 0 saturated carbocycles. The van der Waals surface area contributed by atoms with Gasteiger partial charge in [0, 0.05) is 5.41 Å². The van der Waals surface area contributed by atoms with E-state index in [2.05, 4.69) is 9.97 Å². The summed E-state index contributed by atoms with van der Waals surface area (Å²) in [7, 11) is 0. The minimum atomic E-state index is -0.250. The molecule has 1 heterocycles. The average molecular weight is 255 g/mol. The molecule has 0 bridgehead atoms. The number of hydrogen-bond donors (Lipinski definition) is 0. The van der Waals surface area contributed by atoms with Crippen LogP contribution in [0.15, 0.2) is 0 Å². The standard InChI is InChI=1S/C12H15ClN2O2/c1-5-17-9-8(6-7-16)14-11(12(2,3)4)15-10(9)13/h6H,5H2,1-4H3. The molecular weight excluding hydrogens is 240 g/mol. The van der Waals surface area contributed by atoms with Crippen molar-refractivity contribution in [1.82, 2.24) is 9.97 Å². The van der Waals surface area contributed by atoms with Crippen molar-refractivity contribution in [3.05, 3.63) is 16.7 Å². The minimum absolute atomic E-state index is 0.216. The number of carbonyl (C=O) groups excluding carboxylic acids is 1. The smallest absolute Gasteiger partial charge is 0.183 e. The fourth-order valence-corrected chi connectivity index (χ4v) is 1.44. The molecule has 0 spiro atoms. The second-order valence-electron chi connectivity index (χ2n) is 4.50. The van der Waals surface area contributed by atoms with Crippen LogP contribution >= 0.6 is 11.6 Å². The summed E-state index contributed by atoms with van der Waals surface area (Å²) in [5.74, 6) is 2.57. The molecule has 0 saturated heterocycles. The summed E-state index contributed by atoms with van der Waals surface area (Å²) in [4.78, 5) is 18.9. The van der Waals surface area contributed by atoms with Crippen LogP contribution in [0.1, 0.15) is 39.2 Å². The SMILES string of the molecule is CCOc1c(Cl)nc(C(C)(C)C)nc1C=C=O. The van der Waals surface area contributed by atoms with E-state index in [1.807, 2.05) is 27.7 Å². The van der Waals surface area contributed by atoms with Crippen molar-refractivity contribution < 1.29 is 9.53 Å². The van der Waals surface area contributed by atoms with Crippen molar-refractivity contribution in [3.8, 4) is 5.75 Å². The fourth-order valence-electron chi connectivity index (χ4n) is 1.21. The number of nitrogens with zero attached hydrogens (tertiary/aromatic N) is 2. The highest BCUT2D eigenvalue weighted by Crippen LogP contribution is 2.30. The minimum Gasteiger partial charge on any atom is -0.488 e. The Bertz CT molecular complexity index is 460. The van der Waals surface area contributed by atoms with Crippen LogP contribution in [0.2, 0.25) is 5.15 Å². The van der Waals surface area contributed by atoms with Gasteiger partial charge in [0.1, 0.15) is 17.5 Å². The van der Waals surface area contributed by atoms with E-state index in [1.54, 1.807) is 5.94 Å². The second-order valence-corrected chi connectivity index (χ2v) is 4.86. The lowest BCUT2D eigenvalue weighted by atomic mass is 9.95. The van der Waals surface area contributed by atoms with Crippen LogP contribution in [0.4, 0.5) is 0 Å². The first-order chi connectivity index (χ1) is 7.90. The van der Waals surface area contributed by atoms with Gasteiger partial charge in [0.15, 0.2) is 10.9 Å². The van der Waals surface area contributed by atoms with Crippen molar-refractivity contribution in [2.75, 3.05) is 6.61 Å². The van der Waals surface area contributed by atoms with Gasteiger partial charge in [-0.15, -0.1) is 0 Å². The second kappa shape index (κ2) is 5.30. The average Bonchev–Trinajstić information content (AvgIpc) is 2.21. The van der Waals surface area contributed by atoms with E-state index >= 15 is 0 Å². The molecule has 0 radical (unpaired) electrons. The van der Waals surface area contributed by atoms with E-state index in [0.29, 0.717) is 23.9 Å². The van der Waals surface area contributed by atoms with Gasteiger partial charge in [0.05, 0.1) is 12.7 Å². The Labute approximate surface area is 106 Å². The van der Waals surface area contributed by atoms with Crippen LogP contribution < -0.4 is 4.74 Å². The molecule has 0 unspecified atom stereocenters. The summed E-state index contributed by atoms with van der Waals surface area (Å²) in [5, 5.41) is 0.216. The van der Waals surface area contributed by atoms with Gasteiger partial charge in [0.2, 0.25) is 0 Å². The third-order valence-corrected chi connectivity index (χ3v) is 2.26. The van der Waals surface area contributed by atoms with Crippen LogP contribution in [-0.4, -0.2) is 22.5 Å². The third kappa shape index (κ3) is 3.29. The number of rotatable bonds is 3. The molecule has 5 heteroatoms. The van der Waals surface area contributed by atoms with Crippen molar-refractivity contribution in [3.63, 3.8) is 0 Å². The molecule has 0 fully saturated rings. The molecule has 0 aliphatic carbocycles. The summed E-state index contributed by atoms with van der Waals surface area (Å²) >= 11 is 6.03. The van der Waals surface area contributed by atoms with Gasteiger partial charge >= 0.3 is 0 Å². The largest absolute Gasteiger partial charge is 0.488 e. The van der Waals surface area contributed by atoms with E-state index < -0.39 is 0 Å². The zero-order valence-electron chi connectivity index (χ0n) is 10.4. The maximum Gasteiger partial charge on any atom is 0.183 e. The highest BCUT2D eigenvalue weighted by Gasteiger charge is 2.21. The number of ether oxygens (including phenoxy) is 1. The van der Waals surface area contributed by atoms with E-state index in [-0.39, 0.29) is 10.6 Å². The maximum atomic E-state index is 10.5. The molecule has 1 aromatic rings. The normalized spacial score (nSPS) is 10.9. The molecule has 92 valence electrons. The summed E-state index contributed by atoms with van der Waals surface area (Å²) in [6.45, 7) is 8.15. The zero-order chi connectivity index (χ0) is 13.1. The van der Waals surface area contributed by atoms with Crippen LogP contribution in [0.25, 0.3) is 6.08 Å². The molecule has 4 nitrogen and oxygen atoms in total. The van der Waals surface area contributed by atoms with E-state index in [0.717, 1.165) is 0 Å². The van der Waals surface area contributed by atoms with Gasteiger partial charge in [-0.25, -0.2) is 14.8 Å². The maximum absolute atomic E-state index is 10.5. The molecule has 1 aromatic heterocycles. The molecule has 0 amide bonds. The van der Waals surface area contributed by atoms with Crippen molar-refractivity contribution in [2.24, 2.45) is 0 Å². The van der Waals surface area contributed by atoms with Crippen molar-refractivity contribution >= 4 is 23.6 Å². The van der Waals surface area contributed by atoms with Gasteiger partial charge < -0.3 is 4.74 Å². The molecule has 0 aromatic carbocycles. The molecule has 1 rings (SSSR count). The topological polar surface area (TPSA) is 52.1 Å². The van der Waals surface area contributed by atoms with E-state index in [9.17, 15) is 4.79 Å². The Balaban J connectivity index is 3.40. The quantitative estimate of drug-likeness (QED) is 0.615. The van der Waals surface area contributed by atoms with Gasteiger partial charge in [-0.1, -0.05) is 32.4 Å². The van der Waals surface area contributed by atoms with Crippen LogP contribution in [0.3, 0.4) is 0 Å². The van der Waals surface area contributed by atoms with Gasteiger partial charge in [0.25, 0.3) is 0 Å². The summed E-state index contributed by atoms with van der Waals surface area (Å²) in [5.41, 5.74) is 0.117. The van der Waals surface area contributed by atoms with Crippen LogP contribution in [0, 0.1) is 0 Å². The third-order valence-electron chi connectivity index (χ3n) is 2.01. The Morgan fingerprint density at radius 3 is 2.53 bits per heavy atom. The number of halogens is 1. The molecular formula is C12H15ClN2O2. The van der Waals surface area contributed by atoms with Crippen LogP contribution in [-0.2, 0) is 10.2 Å². The van der Waals surface area contributed by atoms with Crippen molar-refractivity contribution in [1.29, 1.82) is 0 Å². The Morgan fingerprint density at radius 2 is 2.06 bits per heavy atom. The summed E-state index contributed by atoms with van der Waals surface area (Å²) < 4.78 is 5.32. The predicted octanol–water partition coefficient (Wildman–Crippen LogP) is 2.67. The lowest BCUT2D eigenvalue weighted by Gasteiger charge is -2.18. The number of hydrogen-bond acceptors (Lipinski definition) is 4. The molecule has 0 N–H and O–H groups in total. The fraction of sp³-hybridized carbons (Fsp3) is 0.500. The first kappa shape index (κ1) is 13.7. The highest BCUT2D eigenvalue weighted by atomic mass is 35.5. The first-order valence-electron chi connectivity index (χ1n) is 5.31. The van der Waals surface area contributed by atoms with Crippen LogP contribution in [0.5, 0.6) is 5.75 Å².